The molecule has 84 valence electrons. The predicted molar refractivity (Wildman–Crippen MR) is 50.5 cm³/mol. The van der Waals surface area contributed by atoms with Crippen LogP contribution < -0.4 is 0 Å². The van der Waals surface area contributed by atoms with E-state index in [4.69, 9.17) is 27.2 Å². The third-order valence-corrected chi connectivity index (χ3v) is 2.56. The molecule has 1 aliphatic heterocycles. The Morgan fingerprint density at radius 3 is 2.50 bits per heavy atom. The van der Waals surface area contributed by atoms with Gasteiger partial charge in [0.2, 0.25) is 0 Å². The minimum Gasteiger partial charge on any atom is -0.759 e. The first-order valence-corrected chi connectivity index (χ1v) is 4.98. The van der Waals surface area contributed by atoms with E-state index in [0.717, 1.165) is 0 Å². The normalized spacial score (nSPS) is 43.9. The molecule has 0 radical (unpaired) electrons. The number of hydrogen-bond donors (Lipinski definition) is 3. The van der Waals surface area contributed by atoms with Crippen molar-refractivity contribution in [1.82, 2.24) is 0 Å². The largest absolute Gasteiger partial charge is 0.759 e. The standard InChI is InChI=1S/C8H16O5S/c1-2-12-7-6(11)5(10)4(3-9)13-8(7)14/h4-11,14H,2-3H2,1H3/p-1/t4-,5-,6+,7-,8+/m1/s1. The molecule has 0 bridgehead atoms. The maximum absolute atomic E-state index is 9.61. The van der Waals surface area contributed by atoms with Crippen molar-refractivity contribution in [2.24, 2.45) is 0 Å². The molecule has 3 N–H and O–H groups in total. The molecule has 0 aliphatic carbocycles. The Morgan fingerprint density at radius 1 is 1.36 bits per heavy atom. The highest BCUT2D eigenvalue weighted by Gasteiger charge is 2.39. The van der Waals surface area contributed by atoms with Gasteiger partial charge in [0.1, 0.15) is 18.3 Å². The summed E-state index contributed by atoms with van der Waals surface area (Å²) in [5.74, 6) is 0. The average Bonchev–Trinajstić information content (AvgIpc) is 2.18. The molecule has 1 fully saturated rings. The van der Waals surface area contributed by atoms with E-state index in [9.17, 15) is 10.2 Å². The molecule has 0 amide bonds. The summed E-state index contributed by atoms with van der Waals surface area (Å²) in [6.07, 6.45) is -3.81. The molecular formula is C8H15O5S-. The van der Waals surface area contributed by atoms with Gasteiger partial charge in [-0.2, -0.15) is 0 Å². The maximum Gasteiger partial charge on any atom is 0.111 e. The first-order chi connectivity index (χ1) is 6.61. The fourth-order valence-electron chi connectivity index (χ4n) is 1.43. The van der Waals surface area contributed by atoms with Crippen molar-refractivity contribution in [2.45, 2.75) is 36.8 Å². The van der Waals surface area contributed by atoms with Gasteiger partial charge in [-0.15, -0.1) is 0 Å². The van der Waals surface area contributed by atoms with Crippen LogP contribution in [-0.4, -0.2) is 58.4 Å². The van der Waals surface area contributed by atoms with E-state index in [1.165, 1.54) is 0 Å². The minimum atomic E-state index is -1.16. The maximum atomic E-state index is 9.61. The summed E-state index contributed by atoms with van der Waals surface area (Å²) in [6.45, 7) is 1.78. The van der Waals surface area contributed by atoms with Crippen LogP contribution in [-0.2, 0) is 22.1 Å². The third kappa shape index (κ3) is 2.39. The fourth-order valence-corrected chi connectivity index (χ4v) is 1.81. The zero-order valence-corrected chi connectivity index (χ0v) is 8.68. The van der Waals surface area contributed by atoms with Crippen LogP contribution in [0.1, 0.15) is 6.92 Å². The molecule has 14 heavy (non-hydrogen) atoms. The van der Waals surface area contributed by atoms with E-state index in [0.29, 0.717) is 6.61 Å². The van der Waals surface area contributed by atoms with Crippen molar-refractivity contribution in [2.75, 3.05) is 13.2 Å². The van der Waals surface area contributed by atoms with Gasteiger partial charge < -0.3 is 37.4 Å². The fraction of sp³-hybridized carbons (Fsp3) is 1.00. The molecule has 0 saturated carbocycles. The Labute approximate surface area is 88.1 Å². The molecule has 1 heterocycles. The second-order valence-electron chi connectivity index (χ2n) is 3.13. The quantitative estimate of drug-likeness (QED) is 0.499. The van der Waals surface area contributed by atoms with E-state index in [-0.39, 0.29) is 6.61 Å². The summed E-state index contributed by atoms with van der Waals surface area (Å²) in [5, 5.41) is 27.9. The Hall–Kier alpha value is 0.150. The molecule has 6 heteroatoms. The second kappa shape index (κ2) is 5.29. The number of hydrogen-bond acceptors (Lipinski definition) is 6. The molecular weight excluding hydrogens is 208 g/mol. The zero-order valence-electron chi connectivity index (χ0n) is 7.87. The molecule has 0 aromatic carbocycles. The average molecular weight is 223 g/mol. The highest BCUT2D eigenvalue weighted by atomic mass is 32.1. The van der Waals surface area contributed by atoms with Crippen LogP contribution >= 0.6 is 0 Å². The Balaban J connectivity index is 2.63. The molecule has 5 atom stereocenters. The summed E-state index contributed by atoms with van der Waals surface area (Å²) in [4.78, 5) is 0. The van der Waals surface area contributed by atoms with Crippen LogP contribution in [0.4, 0.5) is 0 Å². The molecule has 5 nitrogen and oxygen atoms in total. The van der Waals surface area contributed by atoms with E-state index in [2.05, 4.69) is 0 Å². The SMILES string of the molecule is CCO[C@@H]1[C@@H](O)[C@H](O)[C@@H](CO)O[C@H]1[S-]. The summed E-state index contributed by atoms with van der Waals surface area (Å²) in [5.41, 5.74) is -0.745. The van der Waals surface area contributed by atoms with Gasteiger partial charge in [0.15, 0.2) is 0 Å². The summed E-state index contributed by atoms with van der Waals surface area (Å²) >= 11 is 4.92. The first kappa shape index (κ1) is 12.2. The van der Waals surface area contributed by atoms with Crippen molar-refractivity contribution < 1.29 is 24.8 Å². The second-order valence-corrected chi connectivity index (χ2v) is 3.59. The van der Waals surface area contributed by atoms with Gasteiger partial charge in [-0.05, 0) is 12.4 Å². The van der Waals surface area contributed by atoms with Gasteiger partial charge >= 0.3 is 0 Å². The number of aliphatic hydroxyl groups excluding tert-OH is 3. The van der Waals surface area contributed by atoms with Crippen molar-refractivity contribution in [3.63, 3.8) is 0 Å². The Kier molecular flexibility index (Phi) is 4.62. The van der Waals surface area contributed by atoms with E-state index >= 15 is 0 Å². The summed E-state index contributed by atoms with van der Waals surface area (Å²) in [6, 6.07) is 0. The zero-order chi connectivity index (χ0) is 10.7. The monoisotopic (exact) mass is 223 g/mol. The topological polar surface area (TPSA) is 79.2 Å². The third-order valence-electron chi connectivity index (χ3n) is 2.18. The van der Waals surface area contributed by atoms with Crippen LogP contribution in [0, 0.1) is 0 Å². The Morgan fingerprint density at radius 2 is 2.00 bits per heavy atom. The number of rotatable bonds is 3. The van der Waals surface area contributed by atoms with E-state index < -0.39 is 29.9 Å². The van der Waals surface area contributed by atoms with Gasteiger partial charge in [-0.3, -0.25) is 0 Å². The van der Waals surface area contributed by atoms with Crippen LogP contribution in [0.3, 0.4) is 0 Å². The lowest BCUT2D eigenvalue weighted by Crippen LogP contribution is -2.58. The lowest BCUT2D eigenvalue weighted by Gasteiger charge is -2.45. The van der Waals surface area contributed by atoms with Crippen LogP contribution in [0.25, 0.3) is 0 Å². The lowest BCUT2D eigenvalue weighted by atomic mass is 10.0. The van der Waals surface area contributed by atoms with Crippen molar-refractivity contribution >= 4 is 12.6 Å². The smallest absolute Gasteiger partial charge is 0.111 e. The predicted octanol–water partition coefficient (Wildman–Crippen LogP) is -1.62. The highest BCUT2D eigenvalue weighted by Crippen LogP contribution is 2.22. The molecule has 0 aromatic heterocycles. The van der Waals surface area contributed by atoms with Crippen LogP contribution in [0.15, 0.2) is 0 Å². The molecule has 0 unspecified atom stereocenters. The lowest BCUT2D eigenvalue weighted by molar-refractivity contribution is -0.217. The molecule has 0 spiro atoms. The van der Waals surface area contributed by atoms with Crippen molar-refractivity contribution in [1.29, 1.82) is 0 Å². The minimum absolute atomic E-state index is 0.371. The van der Waals surface area contributed by atoms with Crippen LogP contribution in [0.5, 0.6) is 0 Å². The Bertz CT molecular complexity index is 179. The highest BCUT2D eigenvalue weighted by molar-refractivity contribution is 7.59. The molecule has 0 aromatic rings. The number of ether oxygens (including phenoxy) is 2. The molecule has 1 saturated heterocycles. The van der Waals surface area contributed by atoms with Gasteiger partial charge in [0.05, 0.1) is 12.7 Å². The van der Waals surface area contributed by atoms with Gasteiger partial charge in [-0.25, -0.2) is 0 Å². The van der Waals surface area contributed by atoms with Crippen molar-refractivity contribution in [3.05, 3.63) is 0 Å². The molecule has 1 rings (SSSR count). The van der Waals surface area contributed by atoms with E-state index in [1.54, 1.807) is 6.92 Å². The summed E-state index contributed by atoms with van der Waals surface area (Å²) in [7, 11) is 0. The summed E-state index contributed by atoms with van der Waals surface area (Å²) < 4.78 is 10.3. The number of aliphatic hydroxyl groups is 3. The van der Waals surface area contributed by atoms with Gasteiger partial charge in [-0.1, -0.05) is 0 Å². The van der Waals surface area contributed by atoms with Gasteiger partial charge in [0.25, 0.3) is 0 Å². The first-order valence-electron chi connectivity index (χ1n) is 4.51. The van der Waals surface area contributed by atoms with Crippen molar-refractivity contribution in [3.8, 4) is 0 Å². The van der Waals surface area contributed by atoms with E-state index in [1.807, 2.05) is 0 Å². The molecule has 1 aliphatic rings. The van der Waals surface area contributed by atoms with Gasteiger partial charge in [0, 0.05) is 6.61 Å². The van der Waals surface area contributed by atoms with Crippen LogP contribution in [0.2, 0.25) is 0 Å².